The Kier molecular flexibility index (Phi) is 6.11. The molecule has 7 nitrogen and oxygen atoms in total. The molecule has 1 saturated heterocycles. The van der Waals surface area contributed by atoms with Crippen molar-refractivity contribution in [2.45, 2.75) is 44.1 Å². The Hall–Kier alpha value is -2.41. The molecule has 3 aliphatic heterocycles. The van der Waals surface area contributed by atoms with Crippen LogP contribution in [0.4, 0.5) is 0 Å². The summed E-state index contributed by atoms with van der Waals surface area (Å²) in [6.07, 6.45) is 4.66. The number of carbonyl (C=O) groups is 3. The van der Waals surface area contributed by atoms with Crippen LogP contribution in [-0.4, -0.2) is 44.8 Å². The second-order valence-electron chi connectivity index (χ2n) is 7.20. The molecule has 0 saturated carbocycles. The van der Waals surface area contributed by atoms with E-state index in [1.807, 2.05) is 6.07 Å². The fraction of sp³-hybridized carbons (Fsp3) is 0.550. The molecule has 7 heteroatoms. The topological polar surface area (TPSA) is 96.5 Å². The van der Waals surface area contributed by atoms with Gasteiger partial charge in [0.2, 0.25) is 5.91 Å². The highest BCUT2D eigenvalue weighted by Crippen LogP contribution is 2.47. The normalized spacial score (nSPS) is 18.5. The van der Waals surface area contributed by atoms with Crippen molar-refractivity contribution >= 4 is 18.1 Å². The lowest BCUT2D eigenvalue weighted by Gasteiger charge is -2.32. The summed E-state index contributed by atoms with van der Waals surface area (Å²) >= 11 is 0. The number of hydrogen-bond donors (Lipinski definition) is 3. The smallest absolute Gasteiger partial charge is 0.252 e. The van der Waals surface area contributed by atoms with E-state index >= 15 is 0 Å². The molecule has 1 spiro atoms. The third kappa shape index (κ3) is 3.98. The van der Waals surface area contributed by atoms with Gasteiger partial charge in [0.15, 0.2) is 0 Å². The lowest BCUT2D eigenvalue weighted by Crippen LogP contribution is -2.40. The molecule has 1 aromatic carbocycles. The summed E-state index contributed by atoms with van der Waals surface area (Å²) in [5, 5.41) is 8.75. The molecule has 1 aromatic rings. The minimum Gasteiger partial charge on any atom is -0.492 e. The summed E-state index contributed by atoms with van der Waals surface area (Å²) in [7, 11) is 1.59. The maximum absolute atomic E-state index is 11.7. The Balaban J connectivity index is 0.000000201. The number of fused-ring (bicyclic) bond motifs is 4. The largest absolute Gasteiger partial charge is 0.492 e. The molecular weight excluding hydrogens is 346 g/mol. The van der Waals surface area contributed by atoms with E-state index < -0.39 is 0 Å². The number of unbranched alkanes of at least 4 members (excludes halogenated alkanes) is 1. The van der Waals surface area contributed by atoms with Crippen molar-refractivity contribution in [3.63, 3.8) is 0 Å². The van der Waals surface area contributed by atoms with E-state index in [1.54, 1.807) is 7.05 Å². The molecule has 4 rings (SSSR count). The molecule has 3 heterocycles. The van der Waals surface area contributed by atoms with Crippen LogP contribution in [0, 0.1) is 0 Å². The number of benzene rings is 1. The molecule has 0 aromatic heterocycles. The number of amides is 2. The van der Waals surface area contributed by atoms with Gasteiger partial charge in [-0.25, -0.2) is 0 Å². The molecule has 0 unspecified atom stereocenters. The monoisotopic (exact) mass is 373 g/mol. The first-order valence-electron chi connectivity index (χ1n) is 9.53. The summed E-state index contributed by atoms with van der Waals surface area (Å²) in [6.45, 7) is 3.49. The first-order chi connectivity index (χ1) is 13.1. The number of hydrogen-bond acceptors (Lipinski definition) is 5. The highest BCUT2D eigenvalue weighted by atomic mass is 16.5. The Morgan fingerprint density at radius 2 is 2.11 bits per heavy atom. The van der Waals surface area contributed by atoms with Crippen molar-refractivity contribution < 1.29 is 19.1 Å². The average molecular weight is 373 g/mol. The SMILES string of the molecule is CNC(=O)CCCC=O.O=C1NCc2c1ccc1c2OCC12CCNCC2. The molecule has 3 aliphatic rings. The molecule has 0 aliphatic carbocycles. The van der Waals surface area contributed by atoms with Gasteiger partial charge < -0.3 is 25.5 Å². The van der Waals surface area contributed by atoms with Crippen molar-refractivity contribution in [3.05, 3.63) is 28.8 Å². The van der Waals surface area contributed by atoms with Gasteiger partial charge in [-0.1, -0.05) is 6.07 Å². The zero-order valence-corrected chi connectivity index (χ0v) is 15.7. The van der Waals surface area contributed by atoms with E-state index in [0.717, 1.165) is 55.7 Å². The first kappa shape index (κ1) is 19.4. The summed E-state index contributed by atoms with van der Waals surface area (Å²) in [5.74, 6) is 1.01. The van der Waals surface area contributed by atoms with E-state index in [2.05, 4.69) is 22.0 Å². The molecular formula is C20H27N3O4. The van der Waals surface area contributed by atoms with Gasteiger partial charge in [0.25, 0.3) is 5.91 Å². The predicted molar refractivity (Wildman–Crippen MR) is 101 cm³/mol. The van der Waals surface area contributed by atoms with E-state index in [9.17, 15) is 14.4 Å². The Morgan fingerprint density at radius 3 is 2.81 bits per heavy atom. The van der Waals surface area contributed by atoms with Gasteiger partial charge in [0, 0.05) is 48.5 Å². The minimum absolute atomic E-state index is 0.00292. The summed E-state index contributed by atoms with van der Waals surface area (Å²) in [4.78, 5) is 31.9. The number of carbonyl (C=O) groups excluding carboxylic acids is 3. The minimum atomic E-state index is -0.00292. The number of piperidine rings is 1. The quantitative estimate of drug-likeness (QED) is 0.541. The zero-order valence-electron chi connectivity index (χ0n) is 15.7. The molecule has 146 valence electrons. The number of aldehydes is 1. The number of ether oxygens (including phenoxy) is 1. The van der Waals surface area contributed by atoms with E-state index in [-0.39, 0.29) is 17.2 Å². The highest BCUT2D eigenvalue weighted by Gasteiger charge is 2.43. The third-order valence-corrected chi connectivity index (χ3v) is 5.56. The average Bonchev–Trinajstić information content (AvgIpc) is 3.24. The van der Waals surface area contributed by atoms with Gasteiger partial charge in [-0.05, 0) is 38.4 Å². The van der Waals surface area contributed by atoms with Gasteiger partial charge in [-0.2, -0.15) is 0 Å². The van der Waals surface area contributed by atoms with Gasteiger partial charge in [0.05, 0.1) is 6.61 Å². The van der Waals surface area contributed by atoms with Crippen LogP contribution in [0.1, 0.15) is 53.6 Å². The summed E-state index contributed by atoms with van der Waals surface area (Å²) in [5.41, 5.74) is 3.35. The van der Waals surface area contributed by atoms with Crippen LogP contribution in [-0.2, 0) is 21.5 Å². The predicted octanol–water partition coefficient (Wildman–Crippen LogP) is 1.05. The third-order valence-electron chi connectivity index (χ3n) is 5.56. The standard InChI is InChI=1S/C14H16N2O2.C6H11NO2/c17-13-9-1-2-11-12(10(9)7-16-13)18-8-14(11)3-5-15-6-4-14;1-7-6(9)4-2-3-5-8/h1-2,15H,3-8H2,(H,16,17);5H,2-4H2,1H3,(H,7,9). The molecule has 1 fully saturated rings. The second kappa shape index (κ2) is 8.52. The molecule has 0 atom stereocenters. The zero-order chi connectivity index (χ0) is 19.3. The lowest BCUT2D eigenvalue weighted by molar-refractivity contribution is -0.120. The van der Waals surface area contributed by atoms with Crippen molar-refractivity contribution in [1.29, 1.82) is 0 Å². The van der Waals surface area contributed by atoms with Crippen molar-refractivity contribution in [2.24, 2.45) is 0 Å². The van der Waals surface area contributed by atoms with Crippen LogP contribution in [0.25, 0.3) is 0 Å². The van der Waals surface area contributed by atoms with Gasteiger partial charge >= 0.3 is 0 Å². The Bertz CT molecular complexity index is 726. The van der Waals surface area contributed by atoms with Crippen LogP contribution < -0.4 is 20.7 Å². The number of nitrogens with one attached hydrogen (secondary N) is 3. The van der Waals surface area contributed by atoms with Crippen LogP contribution >= 0.6 is 0 Å². The first-order valence-corrected chi connectivity index (χ1v) is 9.53. The molecule has 0 radical (unpaired) electrons. The molecule has 2 amide bonds. The van der Waals surface area contributed by atoms with Gasteiger partial charge in [-0.15, -0.1) is 0 Å². The highest BCUT2D eigenvalue weighted by molar-refractivity contribution is 5.99. The van der Waals surface area contributed by atoms with Crippen LogP contribution in [0.3, 0.4) is 0 Å². The van der Waals surface area contributed by atoms with Crippen LogP contribution in [0.2, 0.25) is 0 Å². The van der Waals surface area contributed by atoms with Crippen LogP contribution in [0.15, 0.2) is 12.1 Å². The summed E-state index contributed by atoms with van der Waals surface area (Å²) < 4.78 is 5.96. The molecule has 3 N–H and O–H groups in total. The van der Waals surface area contributed by atoms with Crippen LogP contribution in [0.5, 0.6) is 5.75 Å². The Labute approximate surface area is 159 Å². The fourth-order valence-electron chi connectivity index (χ4n) is 3.94. The van der Waals surface area contributed by atoms with E-state index in [0.29, 0.717) is 25.8 Å². The molecule has 27 heavy (non-hydrogen) atoms. The lowest BCUT2D eigenvalue weighted by atomic mass is 9.74. The fourth-order valence-corrected chi connectivity index (χ4v) is 3.94. The maximum atomic E-state index is 11.7. The number of rotatable bonds is 4. The summed E-state index contributed by atoms with van der Waals surface area (Å²) in [6, 6.07) is 4.08. The van der Waals surface area contributed by atoms with Crippen molar-refractivity contribution in [3.8, 4) is 5.75 Å². The second-order valence-corrected chi connectivity index (χ2v) is 7.20. The molecule has 0 bridgehead atoms. The Morgan fingerprint density at radius 1 is 1.33 bits per heavy atom. The van der Waals surface area contributed by atoms with E-state index in [4.69, 9.17) is 4.74 Å². The maximum Gasteiger partial charge on any atom is 0.252 e. The van der Waals surface area contributed by atoms with E-state index in [1.165, 1.54) is 5.56 Å². The van der Waals surface area contributed by atoms with Gasteiger partial charge in [-0.3, -0.25) is 9.59 Å². The van der Waals surface area contributed by atoms with Crippen molar-refractivity contribution in [1.82, 2.24) is 16.0 Å². The van der Waals surface area contributed by atoms with Crippen molar-refractivity contribution in [2.75, 3.05) is 26.7 Å². The van der Waals surface area contributed by atoms with Gasteiger partial charge in [0.1, 0.15) is 12.0 Å².